The summed E-state index contributed by atoms with van der Waals surface area (Å²) in [6.45, 7) is 2.29. The highest BCUT2D eigenvalue weighted by Crippen LogP contribution is 2.42. The predicted molar refractivity (Wildman–Crippen MR) is 85.8 cm³/mol. The normalized spacial score (nSPS) is 23.8. The van der Waals surface area contributed by atoms with Gasteiger partial charge in [-0.25, -0.2) is 0 Å². The second-order valence-corrected chi connectivity index (χ2v) is 7.12. The van der Waals surface area contributed by atoms with Crippen LogP contribution in [0.1, 0.15) is 45.9 Å². The van der Waals surface area contributed by atoms with Gasteiger partial charge in [-0.05, 0) is 36.3 Å². The summed E-state index contributed by atoms with van der Waals surface area (Å²) in [6.07, 6.45) is 3.21. The van der Waals surface area contributed by atoms with Gasteiger partial charge in [-0.1, -0.05) is 37.3 Å². The van der Waals surface area contributed by atoms with Crippen LogP contribution in [0.5, 0.6) is 0 Å². The van der Waals surface area contributed by atoms with E-state index in [1.165, 1.54) is 16.9 Å². The van der Waals surface area contributed by atoms with E-state index in [9.17, 15) is 4.79 Å². The molecule has 21 heavy (non-hydrogen) atoms. The van der Waals surface area contributed by atoms with E-state index in [1.807, 2.05) is 30.3 Å². The molecular formula is C17H18N2OS. The molecule has 0 spiro atoms. The molecule has 2 aliphatic rings. The van der Waals surface area contributed by atoms with Crippen LogP contribution in [0, 0.1) is 5.92 Å². The Kier molecular flexibility index (Phi) is 3.00. The Balaban J connectivity index is 1.71. The zero-order chi connectivity index (χ0) is 14.4. The summed E-state index contributed by atoms with van der Waals surface area (Å²) in [7, 11) is 0. The van der Waals surface area contributed by atoms with Crippen molar-refractivity contribution in [2.45, 2.75) is 32.4 Å². The van der Waals surface area contributed by atoms with E-state index >= 15 is 0 Å². The quantitative estimate of drug-likeness (QED) is 0.842. The molecule has 0 saturated heterocycles. The number of amides is 1. The number of carbonyl (C=O) groups is 1. The third kappa shape index (κ3) is 2.14. The van der Waals surface area contributed by atoms with Crippen LogP contribution in [0.4, 0.5) is 5.00 Å². The molecule has 0 saturated carbocycles. The standard InChI is InChI=1S/C17H18N2OS/c1-10-7-8-12-13(9-10)21-17-14(12)16(20)18-15(19-17)11-5-3-2-4-6-11/h2-6,10,15,19H,7-9H2,1H3,(H,18,20)/t10-,15-/m0/s1. The van der Waals surface area contributed by atoms with Crippen molar-refractivity contribution in [1.29, 1.82) is 0 Å². The molecule has 108 valence electrons. The summed E-state index contributed by atoms with van der Waals surface area (Å²) in [6, 6.07) is 10.1. The first-order valence-corrected chi connectivity index (χ1v) is 8.31. The van der Waals surface area contributed by atoms with Crippen LogP contribution >= 0.6 is 11.3 Å². The highest BCUT2D eigenvalue weighted by molar-refractivity contribution is 7.16. The van der Waals surface area contributed by atoms with Crippen LogP contribution in [0.15, 0.2) is 30.3 Å². The Morgan fingerprint density at radius 3 is 2.81 bits per heavy atom. The zero-order valence-corrected chi connectivity index (χ0v) is 12.8. The summed E-state index contributed by atoms with van der Waals surface area (Å²) in [5.74, 6) is 0.801. The molecule has 0 fully saturated rings. The average Bonchev–Trinajstić information content (AvgIpc) is 2.85. The van der Waals surface area contributed by atoms with Gasteiger partial charge in [0.1, 0.15) is 11.2 Å². The van der Waals surface area contributed by atoms with Gasteiger partial charge in [0.15, 0.2) is 0 Å². The van der Waals surface area contributed by atoms with Crippen molar-refractivity contribution in [3.63, 3.8) is 0 Å². The minimum atomic E-state index is -0.122. The lowest BCUT2D eigenvalue weighted by Gasteiger charge is -2.27. The lowest BCUT2D eigenvalue weighted by atomic mass is 9.88. The number of rotatable bonds is 1. The van der Waals surface area contributed by atoms with Gasteiger partial charge < -0.3 is 10.6 Å². The summed E-state index contributed by atoms with van der Waals surface area (Å²) in [5, 5.41) is 7.64. The monoisotopic (exact) mass is 298 g/mol. The third-order valence-electron chi connectivity index (χ3n) is 4.42. The van der Waals surface area contributed by atoms with Gasteiger partial charge in [0.05, 0.1) is 5.56 Å². The number of hydrogen-bond acceptors (Lipinski definition) is 3. The molecule has 2 atom stereocenters. The van der Waals surface area contributed by atoms with E-state index in [0.717, 1.165) is 34.9 Å². The maximum Gasteiger partial charge on any atom is 0.256 e. The number of fused-ring (bicyclic) bond motifs is 3. The summed E-state index contributed by atoms with van der Waals surface area (Å²) in [5.41, 5.74) is 3.27. The first-order valence-electron chi connectivity index (χ1n) is 7.49. The smallest absolute Gasteiger partial charge is 0.256 e. The predicted octanol–water partition coefficient (Wildman–Crippen LogP) is 3.73. The second kappa shape index (κ2) is 4.88. The van der Waals surface area contributed by atoms with E-state index in [-0.39, 0.29) is 12.1 Å². The van der Waals surface area contributed by atoms with Crippen LogP contribution in [0.2, 0.25) is 0 Å². The van der Waals surface area contributed by atoms with Crippen molar-refractivity contribution >= 4 is 22.2 Å². The highest BCUT2D eigenvalue weighted by Gasteiger charge is 2.32. The fourth-order valence-corrected chi connectivity index (χ4v) is 4.71. The molecule has 0 radical (unpaired) electrons. The highest BCUT2D eigenvalue weighted by atomic mass is 32.1. The molecule has 1 aromatic carbocycles. The molecule has 0 unspecified atom stereocenters. The maximum absolute atomic E-state index is 12.5. The Morgan fingerprint density at radius 2 is 2.00 bits per heavy atom. The van der Waals surface area contributed by atoms with Crippen molar-refractivity contribution in [2.24, 2.45) is 5.92 Å². The topological polar surface area (TPSA) is 41.1 Å². The number of nitrogens with one attached hydrogen (secondary N) is 2. The average molecular weight is 298 g/mol. The lowest BCUT2D eigenvalue weighted by molar-refractivity contribution is 0.0935. The molecule has 0 bridgehead atoms. The van der Waals surface area contributed by atoms with Gasteiger partial charge >= 0.3 is 0 Å². The van der Waals surface area contributed by atoms with Gasteiger partial charge in [-0.15, -0.1) is 11.3 Å². The molecule has 1 amide bonds. The minimum absolute atomic E-state index is 0.0738. The number of hydrogen-bond donors (Lipinski definition) is 2. The van der Waals surface area contributed by atoms with Gasteiger partial charge in [0.25, 0.3) is 5.91 Å². The molecule has 1 aromatic heterocycles. The van der Waals surface area contributed by atoms with Gasteiger partial charge in [-0.3, -0.25) is 4.79 Å². The van der Waals surface area contributed by atoms with Crippen LogP contribution in [-0.2, 0) is 12.8 Å². The zero-order valence-electron chi connectivity index (χ0n) is 12.0. The van der Waals surface area contributed by atoms with E-state index in [1.54, 1.807) is 11.3 Å². The van der Waals surface area contributed by atoms with Gasteiger partial charge in [0.2, 0.25) is 0 Å². The summed E-state index contributed by atoms with van der Waals surface area (Å²) < 4.78 is 0. The first kappa shape index (κ1) is 12.9. The van der Waals surface area contributed by atoms with E-state index in [2.05, 4.69) is 17.6 Å². The SMILES string of the molecule is C[C@H]1CCc2c(sc3c2C(=O)N[C@H](c2ccccc2)N3)C1. The Hall–Kier alpha value is -1.81. The molecule has 4 heteroatoms. The number of carbonyl (C=O) groups excluding carboxylic acids is 1. The molecule has 2 aromatic rings. The molecular weight excluding hydrogens is 280 g/mol. The first-order chi connectivity index (χ1) is 10.2. The summed E-state index contributed by atoms with van der Waals surface area (Å²) >= 11 is 1.77. The largest absolute Gasteiger partial charge is 0.353 e. The molecule has 1 aliphatic heterocycles. The fraction of sp³-hybridized carbons (Fsp3) is 0.353. The van der Waals surface area contributed by atoms with Crippen LogP contribution < -0.4 is 10.6 Å². The van der Waals surface area contributed by atoms with E-state index in [4.69, 9.17) is 0 Å². The van der Waals surface area contributed by atoms with E-state index < -0.39 is 0 Å². The van der Waals surface area contributed by atoms with Gasteiger partial charge in [0, 0.05) is 4.88 Å². The molecule has 1 aliphatic carbocycles. The van der Waals surface area contributed by atoms with Gasteiger partial charge in [-0.2, -0.15) is 0 Å². The van der Waals surface area contributed by atoms with Crippen molar-refractivity contribution in [3.05, 3.63) is 51.9 Å². The number of thiophene rings is 1. The van der Waals surface area contributed by atoms with Crippen molar-refractivity contribution in [2.75, 3.05) is 5.32 Å². The summed E-state index contributed by atoms with van der Waals surface area (Å²) in [4.78, 5) is 13.9. The van der Waals surface area contributed by atoms with Crippen molar-refractivity contribution in [1.82, 2.24) is 5.32 Å². The molecule has 2 N–H and O–H groups in total. The molecule has 2 heterocycles. The Labute approximate surface area is 128 Å². The fourth-order valence-electron chi connectivity index (χ4n) is 3.28. The van der Waals surface area contributed by atoms with Crippen LogP contribution in [0.25, 0.3) is 0 Å². The third-order valence-corrected chi connectivity index (χ3v) is 5.61. The maximum atomic E-state index is 12.5. The lowest BCUT2D eigenvalue weighted by Crippen LogP contribution is -2.38. The number of anilines is 1. The van der Waals surface area contributed by atoms with E-state index in [0.29, 0.717) is 0 Å². The Bertz CT molecular complexity index is 692. The molecule has 4 rings (SSSR count). The van der Waals surface area contributed by atoms with Crippen molar-refractivity contribution in [3.8, 4) is 0 Å². The van der Waals surface area contributed by atoms with Crippen molar-refractivity contribution < 1.29 is 4.79 Å². The minimum Gasteiger partial charge on any atom is -0.353 e. The Morgan fingerprint density at radius 1 is 1.19 bits per heavy atom. The van der Waals surface area contributed by atoms with Crippen LogP contribution in [0.3, 0.4) is 0 Å². The molecule has 3 nitrogen and oxygen atoms in total. The number of benzene rings is 1. The second-order valence-electron chi connectivity index (χ2n) is 6.02. The van der Waals surface area contributed by atoms with Crippen LogP contribution in [-0.4, -0.2) is 5.91 Å².